The predicted molar refractivity (Wildman–Crippen MR) is 104 cm³/mol. The zero-order chi connectivity index (χ0) is 19.6. The van der Waals surface area contributed by atoms with Crippen molar-refractivity contribution in [3.63, 3.8) is 0 Å². The average Bonchev–Trinajstić information content (AvgIpc) is 2.59. The van der Waals surface area contributed by atoms with E-state index in [2.05, 4.69) is 5.32 Å². The van der Waals surface area contributed by atoms with Crippen molar-refractivity contribution < 1.29 is 14.5 Å². The average molecular weight is 366 g/mol. The third-order valence-corrected chi connectivity index (χ3v) is 4.47. The predicted octanol–water partition coefficient (Wildman–Crippen LogP) is 4.34. The van der Waals surface area contributed by atoms with Gasteiger partial charge in [-0.05, 0) is 56.2 Å². The third-order valence-electron chi connectivity index (χ3n) is 4.47. The van der Waals surface area contributed by atoms with Gasteiger partial charge in [-0.1, -0.05) is 12.1 Å². The lowest BCUT2D eigenvalue weighted by atomic mass is 9.89. The fourth-order valence-electron chi connectivity index (χ4n) is 3.19. The number of fused-ring (bicyclic) bond motifs is 1. The molecule has 0 radical (unpaired) electrons. The summed E-state index contributed by atoms with van der Waals surface area (Å²) in [6, 6.07) is 11.9. The monoisotopic (exact) mass is 366 g/mol. The highest BCUT2D eigenvalue weighted by Crippen LogP contribution is 2.39. The molecule has 1 N–H and O–H groups in total. The number of amides is 1. The summed E-state index contributed by atoms with van der Waals surface area (Å²) in [5.74, 6) is 0.582. The Hall–Kier alpha value is -3.15. The van der Waals surface area contributed by atoms with Gasteiger partial charge in [-0.15, -0.1) is 0 Å². The first-order valence-corrected chi connectivity index (χ1v) is 8.76. The van der Waals surface area contributed by atoms with Crippen molar-refractivity contribution >= 4 is 17.7 Å². The smallest absolute Gasteiger partial charge is 0.269 e. The lowest BCUT2D eigenvalue weighted by Gasteiger charge is -2.38. The Balaban J connectivity index is 1.73. The summed E-state index contributed by atoms with van der Waals surface area (Å²) in [4.78, 5) is 22.6. The van der Waals surface area contributed by atoms with Gasteiger partial charge in [0.05, 0.1) is 11.0 Å². The Labute approximate surface area is 158 Å². The minimum absolute atomic E-state index is 0.0212. The Morgan fingerprint density at radius 2 is 1.96 bits per heavy atom. The molecule has 27 heavy (non-hydrogen) atoms. The first-order valence-electron chi connectivity index (χ1n) is 8.76. The van der Waals surface area contributed by atoms with Gasteiger partial charge in [-0.2, -0.15) is 0 Å². The van der Waals surface area contributed by atoms with Crippen molar-refractivity contribution in [1.82, 2.24) is 5.32 Å². The summed E-state index contributed by atoms with van der Waals surface area (Å²) in [6.45, 7) is 6.01. The first-order chi connectivity index (χ1) is 12.7. The van der Waals surface area contributed by atoms with Crippen molar-refractivity contribution in [2.24, 2.45) is 0 Å². The number of nitrogens with one attached hydrogen (secondary N) is 1. The molecule has 0 spiro atoms. The van der Waals surface area contributed by atoms with Crippen LogP contribution >= 0.6 is 0 Å². The Morgan fingerprint density at radius 1 is 1.26 bits per heavy atom. The molecule has 2 aromatic carbocycles. The molecule has 0 saturated carbocycles. The molecule has 1 heterocycles. The van der Waals surface area contributed by atoms with Gasteiger partial charge in [0, 0.05) is 30.2 Å². The summed E-state index contributed by atoms with van der Waals surface area (Å²) < 4.78 is 6.05. The fourth-order valence-corrected chi connectivity index (χ4v) is 3.19. The van der Waals surface area contributed by atoms with Crippen LogP contribution < -0.4 is 10.1 Å². The van der Waals surface area contributed by atoms with E-state index < -0.39 is 4.92 Å². The van der Waals surface area contributed by atoms with Crippen LogP contribution in [0.2, 0.25) is 0 Å². The van der Waals surface area contributed by atoms with Crippen molar-refractivity contribution in [1.29, 1.82) is 0 Å². The van der Waals surface area contributed by atoms with Crippen LogP contribution in [-0.2, 0) is 4.79 Å². The Bertz CT molecular complexity index is 901. The summed E-state index contributed by atoms with van der Waals surface area (Å²) in [5.41, 5.74) is 2.44. The van der Waals surface area contributed by atoms with Crippen molar-refractivity contribution in [3.05, 3.63) is 75.3 Å². The number of nitro benzene ring substituents is 1. The van der Waals surface area contributed by atoms with Gasteiger partial charge in [-0.3, -0.25) is 14.9 Å². The minimum atomic E-state index is -0.452. The third kappa shape index (κ3) is 4.53. The second kappa shape index (κ2) is 7.23. The van der Waals surface area contributed by atoms with Crippen LogP contribution in [0.25, 0.3) is 6.08 Å². The maximum absolute atomic E-state index is 12.4. The molecule has 140 valence electrons. The molecule has 6 heteroatoms. The number of ether oxygens (including phenoxy) is 1. The molecule has 0 bridgehead atoms. The maximum Gasteiger partial charge on any atom is 0.269 e. The first kappa shape index (κ1) is 18.6. The summed E-state index contributed by atoms with van der Waals surface area (Å²) in [5, 5.41) is 13.7. The molecule has 0 aromatic heterocycles. The molecular formula is C21H22N2O4. The standard InChI is InChI=1S/C21H22N2O4/c1-14-4-10-17-18(13-21(2,3)27-19(17)12-14)22-20(24)11-7-15-5-8-16(9-6-15)23(25)26/h4-12,18H,13H2,1-3H3,(H,22,24)/b11-7+. The number of non-ortho nitro benzene ring substituents is 1. The number of rotatable bonds is 4. The van der Waals surface area contributed by atoms with Crippen LogP contribution in [0.4, 0.5) is 5.69 Å². The summed E-state index contributed by atoms with van der Waals surface area (Å²) >= 11 is 0. The van der Waals surface area contributed by atoms with Crippen LogP contribution in [0, 0.1) is 17.0 Å². The zero-order valence-electron chi connectivity index (χ0n) is 15.6. The summed E-state index contributed by atoms with van der Waals surface area (Å²) in [7, 11) is 0. The number of nitrogens with zero attached hydrogens (tertiary/aromatic N) is 1. The van der Waals surface area contributed by atoms with E-state index in [9.17, 15) is 14.9 Å². The number of carbonyl (C=O) groups is 1. The number of carbonyl (C=O) groups excluding carboxylic acids is 1. The number of aryl methyl sites for hydroxylation is 1. The van der Waals surface area contributed by atoms with Gasteiger partial charge >= 0.3 is 0 Å². The normalized spacial score (nSPS) is 17.8. The van der Waals surface area contributed by atoms with E-state index in [1.54, 1.807) is 18.2 Å². The molecule has 0 aliphatic carbocycles. The van der Waals surface area contributed by atoms with Crippen LogP contribution in [0.3, 0.4) is 0 Å². The SMILES string of the molecule is Cc1ccc2c(c1)OC(C)(C)CC2NC(=O)/C=C/c1ccc([N+](=O)[O-])cc1. The number of hydrogen-bond donors (Lipinski definition) is 1. The number of nitro groups is 1. The molecule has 1 unspecified atom stereocenters. The van der Waals surface area contributed by atoms with E-state index in [4.69, 9.17) is 4.74 Å². The number of benzene rings is 2. The van der Waals surface area contributed by atoms with Crippen LogP contribution in [0.1, 0.15) is 43.0 Å². The van der Waals surface area contributed by atoms with Crippen molar-refractivity contribution in [3.8, 4) is 5.75 Å². The van der Waals surface area contributed by atoms with Gasteiger partial charge < -0.3 is 10.1 Å². The van der Waals surface area contributed by atoms with E-state index in [1.165, 1.54) is 18.2 Å². The molecule has 1 amide bonds. The molecule has 2 aromatic rings. The zero-order valence-corrected chi connectivity index (χ0v) is 15.6. The quantitative estimate of drug-likeness (QED) is 0.496. The second-order valence-electron chi connectivity index (χ2n) is 7.35. The molecule has 6 nitrogen and oxygen atoms in total. The minimum Gasteiger partial charge on any atom is -0.487 e. The molecule has 0 fully saturated rings. The molecule has 3 rings (SSSR count). The van der Waals surface area contributed by atoms with Crippen LogP contribution in [0.15, 0.2) is 48.5 Å². The van der Waals surface area contributed by atoms with Crippen molar-refractivity contribution in [2.75, 3.05) is 0 Å². The largest absolute Gasteiger partial charge is 0.487 e. The van der Waals surface area contributed by atoms with E-state index >= 15 is 0 Å². The van der Waals surface area contributed by atoms with E-state index in [-0.39, 0.29) is 23.2 Å². The van der Waals surface area contributed by atoms with Gasteiger partial charge in [-0.25, -0.2) is 0 Å². The van der Waals surface area contributed by atoms with Gasteiger partial charge in [0.25, 0.3) is 5.69 Å². The lowest BCUT2D eigenvalue weighted by molar-refractivity contribution is -0.384. The van der Waals surface area contributed by atoms with Gasteiger partial charge in [0.15, 0.2) is 0 Å². The lowest BCUT2D eigenvalue weighted by Crippen LogP contribution is -2.40. The molecule has 1 aliphatic rings. The maximum atomic E-state index is 12.4. The highest BCUT2D eigenvalue weighted by Gasteiger charge is 2.34. The highest BCUT2D eigenvalue weighted by molar-refractivity contribution is 5.92. The molecular weight excluding hydrogens is 344 g/mol. The highest BCUT2D eigenvalue weighted by atomic mass is 16.6. The van der Waals surface area contributed by atoms with Gasteiger partial charge in [0.2, 0.25) is 5.91 Å². The molecule has 0 saturated heterocycles. The van der Waals surface area contributed by atoms with Crippen LogP contribution in [0.5, 0.6) is 5.75 Å². The van der Waals surface area contributed by atoms with Crippen LogP contribution in [-0.4, -0.2) is 16.4 Å². The van der Waals surface area contributed by atoms with E-state index in [0.717, 1.165) is 22.4 Å². The second-order valence-corrected chi connectivity index (χ2v) is 7.35. The number of hydrogen-bond acceptors (Lipinski definition) is 4. The Morgan fingerprint density at radius 3 is 2.63 bits per heavy atom. The molecule has 1 atom stereocenters. The Kier molecular flexibility index (Phi) is 4.99. The topological polar surface area (TPSA) is 81.5 Å². The van der Waals surface area contributed by atoms with Crippen molar-refractivity contribution in [2.45, 2.75) is 38.8 Å². The molecule has 1 aliphatic heterocycles. The van der Waals surface area contributed by atoms with E-state index in [1.807, 2.05) is 39.0 Å². The van der Waals surface area contributed by atoms with E-state index in [0.29, 0.717) is 6.42 Å². The summed E-state index contributed by atoms with van der Waals surface area (Å²) in [6.07, 6.45) is 3.75. The fraction of sp³-hybridized carbons (Fsp3) is 0.286. The van der Waals surface area contributed by atoms with Gasteiger partial charge in [0.1, 0.15) is 11.4 Å².